The van der Waals surface area contributed by atoms with Crippen LogP contribution in [-0.4, -0.2) is 19.3 Å². The van der Waals surface area contributed by atoms with Gasteiger partial charge in [-0.25, -0.2) is 0 Å². The van der Waals surface area contributed by atoms with E-state index in [1.54, 1.807) is 14.2 Å². The number of rotatable bonds is 16. The van der Waals surface area contributed by atoms with Gasteiger partial charge < -0.3 is 14.6 Å². The molecule has 0 aliphatic carbocycles. The molecule has 0 saturated heterocycles. The van der Waals surface area contributed by atoms with Gasteiger partial charge in [-0.05, 0) is 24.1 Å². The molecule has 150 valence electrons. The van der Waals surface area contributed by atoms with E-state index in [1.807, 2.05) is 18.2 Å². The Labute approximate surface area is 161 Å². The van der Waals surface area contributed by atoms with Gasteiger partial charge in [0.25, 0.3) is 0 Å². The second kappa shape index (κ2) is 14.9. The first-order chi connectivity index (χ1) is 12.7. The van der Waals surface area contributed by atoms with E-state index in [0.29, 0.717) is 0 Å². The van der Waals surface area contributed by atoms with Crippen LogP contribution >= 0.6 is 0 Å². The van der Waals surface area contributed by atoms with Gasteiger partial charge in [0, 0.05) is 6.07 Å². The Kier molecular flexibility index (Phi) is 13.1. The van der Waals surface area contributed by atoms with E-state index < -0.39 is 6.10 Å². The maximum absolute atomic E-state index is 10.4. The third-order valence-corrected chi connectivity index (χ3v) is 5.09. The van der Waals surface area contributed by atoms with E-state index in [0.717, 1.165) is 29.9 Å². The van der Waals surface area contributed by atoms with Crippen LogP contribution in [0, 0.1) is 0 Å². The lowest BCUT2D eigenvalue weighted by Crippen LogP contribution is -1.99. The van der Waals surface area contributed by atoms with Crippen molar-refractivity contribution in [1.29, 1.82) is 0 Å². The van der Waals surface area contributed by atoms with Crippen LogP contribution in [0.3, 0.4) is 0 Å². The average Bonchev–Trinajstić information content (AvgIpc) is 2.68. The zero-order chi connectivity index (χ0) is 19.0. The molecule has 0 heterocycles. The van der Waals surface area contributed by atoms with Crippen molar-refractivity contribution in [2.75, 3.05) is 14.2 Å². The second-order valence-corrected chi connectivity index (χ2v) is 7.34. The molecule has 0 spiro atoms. The van der Waals surface area contributed by atoms with Gasteiger partial charge in [-0.15, -0.1) is 0 Å². The largest absolute Gasteiger partial charge is 0.497 e. The van der Waals surface area contributed by atoms with Gasteiger partial charge in [-0.1, -0.05) is 84.0 Å². The fourth-order valence-electron chi connectivity index (χ4n) is 3.37. The minimum absolute atomic E-state index is 0.442. The number of hydrogen-bond acceptors (Lipinski definition) is 3. The molecule has 1 N–H and O–H groups in total. The Morgan fingerprint density at radius 1 is 0.692 bits per heavy atom. The molecule has 0 fully saturated rings. The molecule has 0 aromatic heterocycles. The topological polar surface area (TPSA) is 38.7 Å². The van der Waals surface area contributed by atoms with E-state index in [-0.39, 0.29) is 0 Å². The lowest BCUT2D eigenvalue weighted by Gasteiger charge is -2.14. The standard InChI is InChI=1S/C23H40O3/c1-4-5-6-7-8-9-10-11-12-13-14-15-16-23(24)20-17-21(25-2)19-22(18-20)26-3/h17-19,23-24H,4-16H2,1-3H3. The highest BCUT2D eigenvalue weighted by atomic mass is 16.5. The summed E-state index contributed by atoms with van der Waals surface area (Å²) in [7, 11) is 3.27. The molecule has 0 aliphatic heterocycles. The van der Waals surface area contributed by atoms with Gasteiger partial charge in [0.15, 0.2) is 0 Å². The van der Waals surface area contributed by atoms with Crippen LogP contribution in [0.5, 0.6) is 11.5 Å². The van der Waals surface area contributed by atoms with Gasteiger partial charge in [-0.2, -0.15) is 0 Å². The summed E-state index contributed by atoms with van der Waals surface area (Å²) in [5, 5.41) is 10.4. The van der Waals surface area contributed by atoms with E-state index in [9.17, 15) is 5.11 Å². The molecular formula is C23H40O3. The smallest absolute Gasteiger partial charge is 0.122 e. The lowest BCUT2D eigenvalue weighted by atomic mass is 10.0. The van der Waals surface area contributed by atoms with Gasteiger partial charge in [-0.3, -0.25) is 0 Å². The third kappa shape index (κ3) is 10.1. The predicted octanol–water partition coefficient (Wildman–Crippen LogP) is 6.83. The van der Waals surface area contributed by atoms with Crippen LogP contribution in [0.25, 0.3) is 0 Å². The molecule has 3 nitrogen and oxygen atoms in total. The Balaban J connectivity index is 2.07. The fourth-order valence-corrected chi connectivity index (χ4v) is 3.37. The van der Waals surface area contributed by atoms with E-state index in [4.69, 9.17) is 9.47 Å². The lowest BCUT2D eigenvalue weighted by molar-refractivity contribution is 0.162. The number of benzene rings is 1. The van der Waals surface area contributed by atoms with Crippen molar-refractivity contribution in [2.45, 2.75) is 96.5 Å². The number of aliphatic hydroxyl groups is 1. The Bertz CT molecular complexity index is 437. The number of ether oxygens (including phenoxy) is 2. The van der Waals surface area contributed by atoms with Crippen LogP contribution in [0.15, 0.2) is 18.2 Å². The summed E-state index contributed by atoms with van der Waals surface area (Å²) in [5.41, 5.74) is 0.879. The van der Waals surface area contributed by atoms with Crippen LogP contribution in [0.1, 0.15) is 102 Å². The minimum atomic E-state index is -0.442. The van der Waals surface area contributed by atoms with E-state index in [2.05, 4.69) is 6.92 Å². The number of aliphatic hydroxyl groups excluding tert-OH is 1. The normalized spacial score (nSPS) is 12.2. The van der Waals surface area contributed by atoms with Crippen molar-refractivity contribution in [3.05, 3.63) is 23.8 Å². The van der Waals surface area contributed by atoms with E-state index in [1.165, 1.54) is 70.6 Å². The summed E-state index contributed by atoms with van der Waals surface area (Å²) >= 11 is 0. The Morgan fingerprint density at radius 3 is 1.54 bits per heavy atom. The first kappa shape index (κ1) is 22.8. The molecule has 0 aliphatic rings. The summed E-state index contributed by atoms with van der Waals surface area (Å²) in [6.45, 7) is 2.27. The maximum atomic E-state index is 10.4. The molecule has 26 heavy (non-hydrogen) atoms. The number of hydrogen-bond donors (Lipinski definition) is 1. The highest BCUT2D eigenvalue weighted by Crippen LogP contribution is 2.29. The zero-order valence-electron chi connectivity index (χ0n) is 17.3. The molecule has 1 aromatic rings. The van der Waals surface area contributed by atoms with Crippen molar-refractivity contribution in [2.24, 2.45) is 0 Å². The number of methoxy groups -OCH3 is 2. The highest BCUT2D eigenvalue weighted by molar-refractivity contribution is 5.39. The molecule has 1 aromatic carbocycles. The van der Waals surface area contributed by atoms with Gasteiger partial charge in [0.05, 0.1) is 20.3 Å². The van der Waals surface area contributed by atoms with Crippen LogP contribution < -0.4 is 9.47 Å². The van der Waals surface area contributed by atoms with Crippen molar-refractivity contribution < 1.29 is 14.6 Å². The van der Waals surface area contributed by atoms with Gasteiger partial charge in [0.1, 0.15) is 11.5 Å². The SMILES string of the molecule is CCCCCCCCCCCCCCC(O)c1cc(OC)cc(OC)c1. The van der Waals surface area contributed by atoms with Crippen molar-refractivity contribution in [1.82, 2.24) is 0 Å². The predicted molar refractivity (Wildman–Crippen MR) is 110 cm³/mol. The average molecular weight is 365 g/mol. The molecule has 0 bridgehead atoms. The zero-order valence-corrected chi connectivity index (χ0v) is 17.3. The molecular weight excluding hydrogens is 324 g/mol. The Morgan fingerprint density at radius 2 is 1.12 bits per heavy atom. The summed E-state index contributed by atoms with van der Waals surface area (Å²) in [6.07, 6.45) is 16.4. The van der Waals surface area contributed by atoms with Crippen LogP contribution in [0.4, 0.5) is 0 Å². The van der Waals surface area contributed by atoms with E-state index >= 15 is 0 Å². The third-order valence-electron chi connectivity index (χ3n) is 5.09. The minimum Gasteiger partial charge on any atom is -0.497 e. The molecule has 1 rings (SSSR count). The van der Waals surface area contributed by atoms with Crippen molar-refractivity contribution in [3.63, 3.8) is 0 Å². The molecule has 3 heteroatoms. The first-order valence-corrected chi connectivity index (χ1v) is 10.6. The molecule has 1 unspecified atom stereocenters. The first-order valence-electron chi connectivity index (χ1n) is 10.6. The van der Waals surface area contributed by atoms with Crippen LogP contribution in [0.2, 0.25) is 0 Å². The summed E-state index contributed by atoms with van der Waals surface area (Å²) in [4.78, 5) is 0. The summed E-state index contributed by atoms with van der Waals surface area (Å²) < 4.78 is 10.5. The fraction of sp³-hybridized carbons (Fsp3) is 0.739. The van der Waals surface area contributed by atoms with Crippen LogP contribution in [-0.2, 0) is 0 Å². The van der Waals surface area contributed by atoms with Crippen molar-refractivity contribution >= 4 is 0 Å². The molecule has 0 radical (unpaired) electrons. The molecule has 1 atom stereocenters. The second-order valence-electron chi connectivity index (χ2n) is 7.34. The van der Waals surface area contributed by atoms with Gasteiger partial charge in [0.2, 0.25) is 0 Å². The summed E-state index contributed by atoms with van der Waals surface area (Å²) in [6, 6.07) is 5.63. The van der Waals surface area contributed by atoms with Crippen molar-refractivity contribution in [3.8, 4) is 11.5 Å². The molecule has 0 amide bonds. The monoisotopic (exact) mass is 364 g/mol. The maximum Gasteiger partial charge on any atom is 0.122 e. The highest BCUT2D eigenvalue weighted by Gasteiger charge is 2.10. The summed E-state index contributed by atoms with van der Waals surface area (Å²) in [5.74, 6) is 1.46. The quantitative estimate of drug-likeness (QED) is 0.327. The number of unbranched alkanes of at least 4 members (excludes halogenated alkanes) is 11. The Hall–Kier alpha value is -1.22. The van der Waals surface area contributed by atoms with Gasteiger partial charge >= 0.3 is 0 Å². The molecule has 0 saturated carbocycles.